The second-order valence-electron chi connectivity index (χ2n) is 5.09. The number of carbonyl (C=O) groups is 1. The molecule has 0 aliphatic heterocycles. The van der Waals surface area contributed by atoms with Crippen LogP contribution in [0.3, 0.4) is 0 Å². The van der Waals surface area contributed by atoms with Crippen molar-refractivity contribution in [1.29, 1.82) is 0 Å². The SMILES string of the molecule is CC(C)c1ccccc1NC(=O)Cc1ccc(F)cc1. The molecule has 0 unspecified atom stereocenters. The number of nitrogens with one attached hydrogen (secondary N) is 1. The molecule has 2 nitrogen and oxygen atoms in total. The van der Waals surface area contributed by atoms with E-state index in [9.17, 15) is 9.18 Å². The fourth-order valence-electron chi connectivity index (χ4n) is 2.10. The largest absolute Gasteiger partial charge is 0.326 e. The molecular weight excluding hydrogens is 253 g/mol. The van der Waals surface area contributed by atoms with E-state index in [2.05, 4.69) is 19.2 Å². The first-order valence-corrected chi connectivity index (χ1v) is 6.69. The van der Waals surface area contributed by atoms with Crippen LogP contribution in [0.1, 0.15) is 30.9 Å². The van der Waals surface area contributed by atoms with Gasteiger partial charge in [-0.05, 0) is 35.2 Å². The van der Waals surface area contributed by atoms with Crippen LogP contribution in [0.25, 0.3) is 0 Å². The lowest BCUT2D eigenvalue weighted by Gasteiger charge is -2.13. The summed E-state index contributed by atoms with van der Waals surface area (Å²) in [6.07, 6.45) is 0.243. The molecule has 20 heavy (non-hydrogen) atoms. The summed E-state index contributed by atoms with van der Waals surface area (Å²) in [5.41, 5.74) is 2.75. The minimum absolute atomic E-state index is 0.0929. The van der Waals surface area contributed by atoms with Crippen molar-refractivity contribution in [2.45, 2.75) is 26.2 Å². The molecule has 0 bridgehead atoms. The minimum Gasteiger partial charge on any atom is -0.326 e. The molecule has 2 rings (SSSR count). The second kappa shape index (κ2) is 6.33. The Morgan fingerprint density at radius 1 is 1.10 bits per heavy atom. The number of para-hydroxylation sites is 1. The van der Waals surface area contributed by atoms with E-state index in [1.807, 2.05) is 24.3 Å². The molecule has 0 radical (unpaired) electrons. The van der Waals surface area contributed by atoms with E-state index in [-0.39, 0.29) is 18.1 Å². The molecule has 2 aromatic rings. The summed E-state index contributed by atoms with van der Waals surface area (Å²) in [5.74, 6) is -0.0404. The normalized spacial score (nSPS) is 10.6. The molecule has 0 fully saturated rings. The van der Waals surface area contributed by atoms with Crippen LogP contribution >= 0.6 is 0 Å². The summed E-state index contributed by atoms with van der Waals surface area (Å²) in [6, 6.07) is 13.8. The molecule has 0 aliphatic rings. The fourth-order valence-corrected chi connectivity index (χ4v) is 2.10. The second-order valence-corrected chi connectivity index (χ2v) is 5.09. The Labute approximate surface area is 118 Å². The summed E-state index contributed by atoms with van der Waals surface area (Å²) in [6.45, 7) is 4.18. The molecule has 0 saturated heterocycles. The molecule has 0 saturated carbocycles. The lowest BCUT2D eigenvalue weighted by Crippen LogP contribution is -2.15. The Morgan fingerprint density at radius 2 is 1.75 bits per heavy atom. The molecule has 0 aliphatic carbocycles. The third-order valence-corrected chi connectivity index (χ3v) is 3.13. The molecule has 0 atom stereocenters. The summed E-state index contributed by atoms with van der Waals surface area (Å²) in [5, 5.41) is 2.92. The summed E-state index contributed by atoms with van der Waals surface area (Å²) in [4.78, 5) is 12.0. The maximum absolute atomic E-state index is 12.8. The van der Waals surface area contributed by atoms with Gasteiger partial charge in [-0.3, -0.25) is 4.79 Å². The van der Waals surface area contributed by atoms with E-state index in [4.69, 9.17) is 0 Å². The van der Waals surface area contributed by atoms with Crippen molar-refractivity contribution < 1.29 is 9.18 Å². The number of anilines is 1. The van der Waals surface area contributed by atoms with Crippen LogP contribution in [-0.2, 0) is 11.2 Å². The standard InChI is InChI=1S/C17H18FNO/c1-12(2)15-5-3-4-6-16(15)19-17(20)11-13-7-9-14(18)10-8-13/h3-10,12H,11H2,1-2H3,(H,19,20). The van der Waals surface area contributed by atoms with Gasteiger partial charge in [0, 0.05) is 5.69 Å². The first kappa shape index (κ1) is 14.3. The lowest BCUT2D eigenvalue weighted by atomic mass is 10.0. The Balaban J connectivity index is 2.07. The number of carbonyl (C=O) groups excluding carboxylic acids is 1. The number of rotatable bonds is 4. The Hall–Kier alpha value is -2.16. The van der Waals surface area contributed by atoms with E-state index in [0.29, 0.717) is 5.92 Å². The van der Waals surface area contributed by atoms with Crippen molar-refractivity contribution in [3.05, 3.63) is 65.5 Å². The van der Waals surface area contributed by atoms with Gasteiger partial charge in [-0.15, -0.1) is 0 Å². The van der Waals surface area contributed by atoms with Gasteiger partial charge in [0.25, 0.3) is 0 Å². The number of amides is 1. The maximum Gasteiger partial charge on any atom is 0.228 e. The molecule has 2 aromatic carbocycles. The summed E-state index contributed by atoms with van der Waals surface area (Å²) >= 11 is 0. The first-order valence-electron chi connectivity index (χ1n) is 6.69. The molecule has 0 spiro atoms. The van der Waals surface area contributed by atoms with Crippen LogP contribution < -0.4 is 5.32 Å². The van der Waals surface area contributed by atoms with Crippen LogP contribution in [0.4, 0.5) is 10.1 Å². The number of hydrogen-bond acceptors (Lipinski definition) is 1. The van der Waals surface area contributed by atoms with E-state index < -0.39 is 0 Å². The van der Waals surface area contributed by atoms with Gasteiger partial charge in [-0.25, -0.2) is 4.39 Å². The minimum atomic E-state index is -0.292. The van der Waals surface area contributed by atoms with Crippen LogP contribution in [0.5, 0.6) is 0 Å². The van der Waals surface area contributed by atoms with Gasteiger partial charge in [-0.1, -0.05) is 44.2 Å². The lowest BCUT2D eigenvalue weighted by molar-refractivity contribution is -0.115. The predicted octanol–water partition coefficient (Wildman–Crippen LogP) is 4.13. The van der Waals surface area contributed by atoms with Gasteiger partial charge in [0.2, 0.25) is 5.91 Å². The molecule has 1 amide bonds. The predicted molar refractivity (Wildman–Crippen MR) is 79.3 cm³/mol. The zero-order chi connectivity index (χ0) is 14.5. The molecule has 1 N–H and O–H groups in total. The Kier molecular flexibility index (Phi) is 4.51. The zero-order valence-electron chi connectivity index (χ0n) is 11.7. The highest BCUT2D eigenvalue weighted by Gasteiger charge is 2.09. The third kappa shape index (κ3) is 3.67. The third-order valence-electron chi connectivity index (χ3n) is 3.13. The van der Waals surface area contributed by atoms with Gasteiger partial charge in [0.1, 0.15) is 5.82 Å². The highest BCUT2D eigenvalue weighted by atomic mass is 19.1. The fraction of sp³-hybridized carbons (Fsp3) is 0.235. The topological polar surface area (TPSA) is 29.1 Å². The molecule has 0 aromatic heterocycles. The highest BCUT2D eigenvalue weighted by Crippen LogP contribution is 2.23. The van der Waals surface area contributed by atoms with E-state index >= 15 is 0 Å². The molecular formula is C17H18FNO. The van der Waals surface area contributed by atoms with Crippen LogP contribution in [0.15, 0.2) is 48.5 Å². The van der Waals surface area contributed by atoms with Gasteiger partial charge in [0.15, 0.2) is 0 Å². The van der Waals surface area contributed by atoms with E-state index in [0.717, 1.165) is 16.8 Å². The van der Waals surface area contributed by atoms with Crippen molar-refractivity contribution in [1.82, 2.24) is 0 Å². The van der Waals surface area contributed by atoms with E-state index in [1.54, 1.807) is 12.1 Å². The number of benzene rings is 2. The van der Waals surface area contributed by atoms with Crippen LogP contribution in [0, 0.1) is 5.82 Å². The Bertz CT molecular complexity index is 590. The van der Waals surface area contributed by atoms with Crippen molar-refractivity contribution in [3.63, 3.8) is 0 Å². The van der Waals surface area contributed by atoms with Crippen molar-refractivity contribution in [2.75, 3.05) is 5.32 Å². The van der Waals surface area contributed by atoms with Crippen molar-refractivity contribution in [2.24, 2.45) is 0 Å². The smallest absolute Gasteiger partial charge is 0.228 e. The van der Waals surface area contributed by atoms with Gasteiger partial charge < -0.3 is 5.32 Å². The van der Waals surface area contributed by atoms with Gasteiger partial charge in [-0.2, -0.15) is 0 Å². The van der Waals surface area contributed by atoms with E-state index in [1.165, 1.54) is 12.1 Å². The Morgan fingerprint density at radius 3 is 2.40 bits per heavy atom. The highest BCUT2D eigenvalue weighted by molar-refractivity contribution is 5.93. The average molecular weight is 271 g/mol. The number of hydrogen-bond donors (Lipinski definition) is 1. The number of halogens is 1. The average Bonchev–Trinajstić information content (AvgIpc) is 2.41. The monoisotopic (exact) mass is 271 g/mol. The maximum atomic E-state index is 12.8. The molecule has 3 heteroatoms. The zero-order valence-corrected chi connectivity index (χ0v) is 11.7. The van der Waals surface area contributed by atoms with Crippen LogP contribution in [0.2, 0.25) is 0 Å². The first-order chi connectivity index (χ1) is 9.56. The van der Waals surface area contributed by atoms with Crippen molar-refractivity contribution >= 4 is 11.6 Å². The summed E-state index contributed by atoms with van der Waals surface area (Å²) in [7, 11) is 0. The summed E-state index contributed by atoms with van der Waals surface area (Å²) < 4.78 is 12.8. The van der Waals surface area contributed by atoms with Crippen molar-refractivity contribution in [3.8, 4) is 0 Å². The van der Waals surface area contributed by atoms with Crippen LogP contribution in [-0.4, -0.2) is 5.91 Å². The molecule has 104 valence electrons. The van der Waals surface area contributed by atoms with Gasteiger partial charge >= 0.3 is 0 Å². The molecule has 0 heterocycles. The van der Waals surface area contributed by atoms with Gasteiger partial charge in [0.05, 0.1) is 6.42 Å². The quantitative estimate of drug-likeness (QED) is 0.890.